The second-order valence-corrected chi connectivity index (χ2v) is 6.12. The van der Waals surface area contributed by atoms with Crippen molar-refractivity contribution in [3.8, 4) is 18.1 Å². The number of aryl methyl sites for hydroxylation is 2. The SMILES string of the molecule is C#CCOc1ccc(CCN=C(N)Nc2ccc3c(c2)CCC3)cc1.I. The summed E-state index contributed by atoms with van der Waals surface area (Å²) in [5.41, 5.74) is 11.1. The van der Waals surface area contributed by atoms with Crippen LogP contribution in [0.3, 0.4) is 0 Å². The standard InChI is InChI=1S/C21H23N3O.HI/c1-2-14-25-20-10-6-16(7-11-20)12-13-23-21(22)24-19-9-8-17-4-3-5-18(17)15-19;/h1,6-11,15H,3-5,12-14H2,(H3,22,23,24);1H. The molecule has 0 heterocycles. The fourth-order valence-corrected chi connectivity index (χ4v) is 3.02. The summed E-state index contributed by atoms with van der Waals surface area (Å²) in [6, 6.07) is 14.3. The summed E-state index contributed by atoms with van der Waals surface area (Å²) in [4.78, 5) is 4.41. The van der Waals surface area contributed by atoms with Gasteiger partial charge in [0, 0.05) is 12.2 Å². The lowest BCUT2D eigenvalue weighted by Crippen LogP contribution is -2.23. The number of nitrogens with two attached hydrogens (primary N) is 1. The van der Waals surface area contributed by atoms with Crippen molar-refractivity contribution >= 4 is 35.6 Å². The summed E-state index contributed by atoms with van der Waals surface area (Å²) in [5, 5.41) is 3.18. The Morgan fingerprint density at radius 3 is 2.69 bits per heavy atom. The summed E-state index contributed by atoms with van der Waals surface area (Å²) >= 11 is 0. The zero-order valence-electron chi connectivity index (χ0n) is 14.7. The molecule has 136 valence electrons. The van der Waals surface area contributed by atoms with Crippen molar-refractivity contribution in [3.05, 3.63) is 59.2 Å². The third-order valence-electron chi connectivity index (χ3n) is 4.30. The van der Waals surface area contributed by atoms with Crippen LogP contribution in [-0.2, 0) is 19.3 Å². The number of hydrogen-bond donors (Lipinski definition) is 2. The van der Waals surface area contributed by atoms with Crippen LogP contribution in [0, 0.1) is 12.3 Å². The van der Waals surface area contributed by atoms with Crippen LogP contribution in [0.5, 0.6) is 5.75 Å². The molecule has 26 heavy (non-hydrogen) atoms. The van der Waals surface area contributed by atoms with E-state index in [0.717, 1.165) is 24.3 Å². The number of halogens is 1. The average Bonchev–Trinajstić information content (AvgIpc) is 3.09. The third-order valence-corrected chi connectivity index (χ3v) is 4.30. The molecule has 2 aromatic rings. The molecule has 5 heteroatoms. The lowest BCUT2D eigenvalue weighted by molar-refractivity contribution is 0.370. The fourth-order valence-electron chi connectivity index (χ4n) is 3.02. The van der Waals surface area contributed by atoms with Crippen molar-refractivity contribution < 1.29 is 4.74 Å². The minimum Gasteiger partial charge on any atom is -0.481 e. The van der Waals surface area contributed by atoms with E-state index in [1.165, 1.54) is 29.5 Å². The van der Waals surface area contributed by atoms with Crippen molar-refractivity contribution in [1.29, 1.82) is 0 Å². The number of benzene rings is 2. The Labute approximate surface area is 172 Å². The van der Waals surface area contributed by atoms with Crippen molar-refractivity contribution in [2.24, 2.45) is 10.7 Å². The number of rotatable bonds is 6. The van der Waals surface area contributed by atoms with Crippen LogP contribution < -0.4 is 15.8 Å². The number of aliphatic imine (C=N–C) groups is 1. The number of guanidine groups is 1. The molecule has 3 N–H and O–H groups in total. The lowest BCUT2D eigenvalue weighted by atomic mass is 10.1. The second kappa shape index (κ2) is 10.1. The highest BCUT2D eigenvalue weighted by atomic mass is 127. The minimum atomic E-state index is 0. The molecular weight excluding hydrogens is 437 g/mol. The van der Waals surface area contributed by atoms with Gasteiger partial charge >= 0.3 is 0 Å². The second-order valence-electron chi connectivity index (χ2n) is 6.12. The first kappa shape index (κ1) is 20.1. The molecule has 2 aromatic carbocycles. The van der Waals surface area contributed by atoms with Crippen LogP contribution in [0.4, 0.5) is 5.69 Å². The summed E-state index contributed by atoms with van der Waals surface area (Å²) in [6.45, 7) is 0.920. The van der Waals surface area contributed by atoms with E-state index in [0.29, 0.717) is 12.5 Å². The maximum Gasteiger partial charge on any atom is 0.193 e. The first-order valence-corrected chi connectivity index (χ1v) is 8.58. The number of nitrogens with one attached hydrogen (secondary N) is 1. The third kappa shape index (κ3) is 5.67. The van der Waals surface area contributed by atoms with E-state index >= 15 is 0 Å². The van der Waals surface area contributed by atoms with E-state index in [1.807, 2.05) is 24.3 Å². The Balaban J connectivity index is 0.00000243. The van der Waals surface area contributed by atoms with Gasteiger partial charge in [0.15, 0.2) is 5.96 Å². The molecule has 4 nitrogen and oxygen atoms in total. The normalized spacial score (nSPS) is 12.7. The molecule has 0 amide bonds. The van der Waals surface area contributed by atoms with Gasteiger partial charge in [0.2, 0.25) is 0 Å². The van der Waals surface area contributed by atoms with Crippen LogP contribution in [0.1, 0.15) is 23.1 Å². The number of nitrogens with zero attached hydrogens (tertiary/aromatic N) is 1. The molecule has 0 aromatic heterocycles. The molecule has 0 saturated carbocycles. The Hall–Kier alpha value is -2.20. The molecule has 0 atom stereocenters. The summed E-state index contributed by atoms with van der Waals surface area (Å²) in [7, 11) is 0. The maximum absolute atomic E-state index is 5.99. The van der Waals surface area contributed by atoms with Gasteiger partial charge in [-0.05, 0) is 66.6 Å². The Bertz CT molecular complexity index is 794. The largest absolute Gasteiger partial charge is 0.481 e. The predicted octanol–water partition coefficient (Wildman–Crippen LogP) is 3.77. The number of ether oxygens (including phenoxy) is 1. The van der Waals surface area contributed by atoms with Gasteiger partial charge in [-0.3, -0.25) is 4.99 Å². The monoisotopic (exact) mass is 461 g/mol. The van der Waals surface area contributed by atoms with Gasteiger partial charge in [0.25, 0.3) is 0 Å². The molecule has 0 unspecified atom stereocenters. The van der Waals surface area contributed by atoms with E-state index < -0.39 is 0 Å². The van der Waals surface area contributed by atoms with Crippen LogP contribution >= 0.6 is 24.0 Å². The fraction of sp³-hybridized carbons (Fsp3) is 0.286. The van der Waals surface area contributed by atoms with Crippen LogP contribution in [0.25, 0.3) is 0 Å². The zero-order chi connectivity index (χ0) is 17.5. The molecule has 0 bridgehead atoms. The first-order valence-electron chi connectivity index (χ1n) is 8.58. The van der Waals surface area contributed by atoms with Crippen LogP contribution in [-0.4, -0.2) is 19.1 Å². The lowest BCUT2D eigenvalue weighted by Gasteiger charge is -2.08. The van der Waals surface area contributed by atoms with Crippen LogP contribution in [0.15, 0.2) is 47.5 Å². The quantitative estimate of drug-likeness (QED) is 0.298. The number of anilines is 1. The molecular formula is C21H24IN3O. The Morgan fingerprint density at radius 2 is 1.92 bits per heavy atom. The molecule has 0 fully saturated rings. The molecule has 3 rings (SSSR count). The van der Waals surface area contributed by atoms with Crippen molar-refractivity contribution in [1.82, 2.24) is 0 Å². The summed E-state index contributed by atoms with van der Waals surface area (Å²) in [6.07, 6.45) is 9.58. The maximum atomic E-state index is 5.99. The molecule has 0 aliphatic heterocycles. The van der Waals surface area contributed by atoms with Gasteiger partial charge < -0.3 is 15.8 Å². The summed E-state index contributed by atoms with van der Waals surface area (Å²) in [5.74, 6) is 3.68. The molecule has 0 saturated heterocycles. The predicted molar refractivity (Wildman–Crippen MR) is 118 cm³/mol. The highest BCUT2D eigenvalue weighted by molar-refractivity contribution is 14.0. The highest BCUT2D eigenvalue weighted by Gasteiger charge is 2.10. The van der Waals surface area contributed by atoms with Gasteiger partial charge in [-0.25, -0.2) is 0 Å². The Kier molecular flexibility index (Phi) is 7.79. The van der Waals surface area contributed by atoms with Crippen LogP contribution in [0.2, 0.25) is 0 Å². The molecule has 1 aliphatic carbocycles. The number of hydrogen-bond acceptors (Lipinski definition) is 2. The highest BCUT2D eigenvalue weighted by Crippen LogP contribution is 2.24. The average molecular weight is 461 g/mol. The van der Waals surface area contributed by atoms with Crippen molar-refractivity contribution in [2.45, 2.75) is 25.7 Å². The number of terminal acetylenes is 1. The number of fused-ring (bicyclic) bond motifs is 1. The van der Waals surface area contributed by atoms with Gasteiger partial charge in [-0.2, -0.15) is 0 Å². The van der Waals surface area contributed by atoms with E-state index in [1.54, 1.807) is 0 Å². The zero-order valence-corrected chi connectivity index (χ0v) is 17.0. The van der Waals surface area contributed by atoms with Crippen molar-refractivity contribution in [3.63, 3.8) is 0 Å². The molecule has 1 aliphatic rings. The van der Waals surface area contributed by atoms with E-state index in [9.17, 15) is 0 Å². The molecule has 0 spiro atoms. The van der Waals surface area contributed by atoms with E-state index in [4.69, 9.17) is 16.9 Å². The van der Waals surface area contributed by atoms with Gasteiger partial charge in [0.05, 0.1) is 0 Å². The van der Waals surface area contributed by atoms with Gasteiger partial charge in [-0.1, -0.05) is 24.1 Å². The van der Waals surface area contributed by atoms with Crippen molar-refractivity contribution in [2.75, 3.05) is 18.5 Å². The van der Waals surface area contributed by atoms with Gasteiger partial charge in [-0.15, -0.1) is 30.4 Å². The van der Waals surface area contributed by atoms with E-state index in [-0.39, 0.29) is 30.6 Å². The Morgan fingerprint density at radius 1 is 1.15 bits per heavy atom. The molecule has 0 radical (unpaired) electrons. The van der Waals surface area contributed by atoms with E-state index in [2.05, 4.69) is 34.4 Å². The summed E-state index contributed by atoms with van der Waals surface area (Å²) < 4.78 is 5.36. The van der Waals surface area contributed by atoms with Gasteiger partial charge in [0.1, 0.15) is 12.4 Å². The topological polar surface area (TPSA) is 59.6 Å². The smallest absolute Gasteiger partial charge is 0.193 e. The first-order chi connectivity index (χ1) is 12.2. The minimum absolute atomic E-state index is 0.